The SMILES string of the molecule is COc1ccc(C=Cc2ccc(C=Cc3ccc(OC)c(OC)c3)cc2)cc1OC. The number of benzene rings is 3. The van der Waals surface area contributed by atoms with Crippen LogP contribution in [0.2, 0.25) is 0 Å². The van der Waals surface area contributed by atoms with Crippen LogP contribution in [0, 0.1) is 0 Å². The minimum absolute atomic E-state index is 0.718. The summed E-state index contributed by atoms with van der Waals surface area (Å²) in [6.07, 6.45) is 8.25. The van der Waals surface area contributed by atoms with E-state index in [0.717, 1.165) is 45.3 Å². The third kappa shape index (κ3) is 5.23. The minimum Gasteiger partial charge on any atom is -0.493 e. The summed E-state index contributed by atoms with van der Waals surface area (Å²) in [5.41, 5.74) is 4.33. The minimum atomic E-state index is 0.718. The van der Waals surface area contributed by atoms with E-state index in [1.807, 2.05) is 36.4 Å². The van der Waals surface area contributed by atoms with E-state index in [0.29, 0.717) is 0 Å². The van der Waals surface area contributed by atoms with E-state index < -0.39 is 0 Å². The van der Waals surface area contributed by atoms with Crippen LogP contribution in [0.15, 0.2) is 60.7 Å². The highest BCUT2D eigenvalue weighted by atomic mass is 16.5. The lowest BCUT2D eigenvalue weighted by atomic mass is 10.1. The van der Waals surface area contributed by atoms with Gasteiger partial charge in [0.15, 0.2) is 23.0 Å². The van der Waals surface area contributed by atoms with Gasteiger partial charge in [0.05, 0.1) is 28.4 Å². The van der Waals surface area contributed by atoms with Crippen molar-refractivity contribution in [3.05, 3.63) is 82.9 Å². The fraction of sp³-hybridized carbons (Fsp3) is 0.154. The van der Waals surface area contributed by atoms with Gasteiger partial charge in [-0.3, -0.25) is 0 Å². The maximum Gasteiger partial charge on any atom is 0.161 e. The lowest BCUT2D eigenvalue weighted by Crippen LogP contribution is -1.90. The molecule has 0 heterocycles. The summed E-state index contributed by atoms with van der Waals surface area (Å²) in [6, 6.07) is 20.1. The van der Waals surface area contributed by atoms with Gasteiger partial charge in [0.25, 0.3) is 0 Å². The monoisotopic (exact) mass is 402 g/mol. The number of rotatable bonds is 8. The molecule has 0 saturated carbocycles. The van der Waals surface area contributed by atoms with E-state index in [1.54, 1.807) is 28.4 Å². The van der Waals surface area contributed by atoms with E-state index >= 15 is 0 Å². The molecule has 154 valence electrons. The molecule has 0 bridgehead atoms. The van der Waals surface area contributed by atoms with Crippen LogP contribution in [-0.4, -0.2) is 28.4 Å². The standard InChI is InChI=1S/C26H26O4/c1-27-23-15-13-21(17-25(23)29-3)11-9-19-5-7-20(8-6-19)10-12-22-14-16-24(28-2)26(18-22)30-4/h5-18H,1-4H3. The second kappa shape index (κ2) is 10.2. The number of ether oxygens (including phenoxy) is 4. The summed E-state index contributed by atoms with van der Waals surface area (Å²) in [5, 5.41) is 0. The van der Waals surface area contributed by atoms with Crippen LogP contribution in [0.1, 0.15) is 22.3 Å². The molecule has 0 aromatic heterocycles. The van der Waals surface area contributed by atoms with E-state index in [-0.39, 0.29) is 0 Å². The highest BCUT2D eigenvalue weighted by Crippen LogP contribution is 2.29. The smallest absolute Gasteiger partial charge is 0.161 e. The van der Waals surface area contributed by atoms with Gasteiger partial charge in [0.2, 0.25) is 0 Å². The Bertz CT molecular complexity index is 949. The predicted molar refractivity (Wildman–Crippen MR) is 123 cm³/mol. The molecule has 4 heteroatoms. The van der Waals surface area contributed by atoms with Gasteiger partial charge in [-0.25, -0.2) is 0 Å². The zero-order valence-electron chi connectivity index (χ0n) is 17.7. The molecule has 4 nitrogen and oxygen atoms in total. The molecule has 0 amide bonds. The average Bonchev–Trinajstić information content (AvgIpc) is 2.81. The molecule has 3 rings (SSSR count). The van der Waals surface area contributed by atoms with E-state index in [2.05, 4.69) is 48.6 Å². The molecule has 0 spiro atoms. The van der Waals surface area contributed by atoms with Crippen molar-refractivity contribution in [1.82, 2.24) is 0 Å². The van der Waals surface area contributed by atoms with Gasteiger partial charge < -0.3 is 18.9 Å². The number of methoxy groups -OCH3 is 4. The summed E-state index contributed by atoms with van der Waals surface area (Å²) in [7, 11) is 6.54. The summed E-state index contributed by atoms with van der Waals surface area (Å²) in [4.78, 5) is 0. The van der Waals surface area contributed by atoms with E-state index in [4.69, 9.17) is 18.9 Å². The molecule has 0 radical (unpaired) electrons. The van der Waals surface area contributed by atoms with Gasteiger partial charge in [-0.05, 0) is 46.5 Å². The Morgan fingerprint density at radius 2 is 0.700 bits per heavy atom. The molecule has 0 aliphatic carbocycles. The summed E-state index contributed by atoms with van der Waals surface area (Å²) in [5.74, 6) is 2.88. The van der Waals surface area contributed by atoms with E-state index in [9.17, 15) is 0 Å². The molecule has 0 unspecified atom stereocenters. The molecule has 0 aliphatic rings. The zero-order chi connectivity index (χ0) is 21.3. The average molecular weight is 402 g/mol. The van der Waals surface area contributed by atoms with Crippen molar-refractivity contribution in [3.8, 4) is 23.0 Å². The maximum absolute atomic E-state index is 5.35. The van der Waals surface area contributed by atoms with Crippen molar-refractivity contribution >= 4 is 24.3 Å². The van der Waals surface area contributed by atoms with E-state index in [1.165, 1.54) is 0 Å². The van der Waals surface area contributed by atoms with Crippen molar-refractivity contribution in [2.24, 2.45) is 0 Å². The quantitative estimate of drug-likeness (QED) is 0.429. The first-order chi connectivity index (χ1) is 14.7. The lowest BCUT2D eigenvalue weighted by Gasteiger charge is -2.07. The van der Waals surface area contributed by atoms with Gasteiger partial charge >= 0.3 is 0 Å². The van der Waals surface area contributed by atoms with Gasteiger partial charge in [0.1, 0.15) is 0 Å². The highest BCUT2D eigenvalue weighted by molar-refractivity contribution is 5.74. The van der Waals surface area contributed by atoms with Crippen LogP contribution in [0.5, 0.6) is 23.0 Å². The van der Waals surface area contributed by atoms with Crippen molar-refractivity contribution < 1.29 is 18.9 Å². The third-order valence-corrected chi connectivity index (χ3v) is 4.69. The van der Waals surface area contributed by atoms with Crippen molar-refractivity contribution in [2.75, 3.05) is 28.4 Å². The van der Waals surface area contributed by atoms with Crippen LogP contribution in [0.4, 0.5) is 0 Å². The Morgan fingerprint density at radius 3 is 1.03 bits per heavy atom. The predicted octanol–water partition coefficient (Wildman–Crippen LogP) is 6.06. The molecule has 3 aromatic rings. The molecule has 0 fully saturated rings. The van der Waals surface area contributed by atoms with Crippen LogP contribution >= 0.6 is 0 Å². The first-order valence-electron chi connectivity index (χ1n) is 9.57. The first-order valence-corrected chi connectivity index (χ1v) is 9.57. The Balaban J connectivity index is 1.69. The largest absolute Gasteiger partial charge is 0.493 e. The molecule has 0 saturated heterocycles. The van der Waals surface area contributed by atoms with Gasteiger partial charge in [-0.2, -0.15) is 0 Å². The van der Waals surface area contributed by atoms with Gasteiger partial charge in [-0.1, -0.05) is 60.7 Å². The van der Waals surface area contributed by atoms with Gasteiger partial charge in [0, 0.05) is 0 Å². The zero-order valence-corrected chi connectivity index (χ0v) is 17.7. The Kier molecular flexibility index (Phi) is 7.17. The Labute approximate surface area is 178 Å². The Hall–Kier alpha value is -3.66. The lowest BCUT2D eigenvalue weighted by molar-refractivity contribution is 0.355. The maximum atomic E-state index is 5.35. The number of hydrogen-bond acceptors (Lipinski definition) is 4. The summed E-state index contributed by atoms with van der Waals surface area (Å²) >= 11 is 0. The number of hydrogen-bond donors (Lipinski definition) is 0. The van der Waals surface area contributed by atoms with Crippen LogP contribution in [0.25, 0.3) is 24.3 Å². The second-order valence-electron chi connectivity index (χ2n) is 6.56. The molecule has 0 N–H and O–H groups in total. The van der Waals surface area contributed by atoms with Crippen molar-refractivity contribution in [3.63, 3.8) is 0 Å². The second-order valence-corrected chi connectivity index (χ2v) is 6.56. The molecule has 0 aliphatic heterocycles. The van der Waals surface area contributed by atoms with Gasteiger partial charge in [-0.15, -0.1) is 0 Å². The van der Waals surface area contributed by atoms with Crippen molar-refractivity contribution in [2.45, 2.75) is 0 Å². The van der Waals surface area contributed by atoms with Crippen LogP contribution < -0.4 is 18.9 Å². The normalized spacial score (nSPS) is 11.1. The molecular weight excluding hydrogens is 376 g/mol. The molecule has 3 aromatic carbocycles. The van der Waals surface area contributed by atoms with Crippen molar-refractivity contribution in [1.29, 1.82) is 0 Å². The summed E-state index contributed by atoms with van der Waals surface area (Å²) in [6.45, 7) is 0. The molecule has 0 atom stereocenters. The molecule has 30 heavy (non-hydrogen) atoms. The fourth-order valence-electron chi connectivity index (χ4n) is 3.02. The van der Waals surface area contributed by atoms with Crippen LogP contribution in [0.3, 0.4) is 0 Å². The van der Waals surface area contributed by atoms with Crippen LogP contribution in [-0.2, 0) is 0 Å². The fourth-order valence-corrected chi connectivity index (χ4v) is 3.02. The molecular formula is C26H26O4. The summed E-state index contributed by atoms with van der Waals surface area (Å²) < 4.78 is 21.3. The first kappa shape index (κ1) is 21.1. The topological polar surface area (TPSA) is 36.9 Å². The third-order valence-electron chi connectivity index (χ3n) is 4.69. The highest BCUT2D eigenvalue weighted by Gasteiger charge is 2.03. The Morgan fingerprint density at radius 1 is 0.400 bits per heavy atom.